The van der Waals surface area contributed by atoms with Crippen molar-refractivity contribution in [3.63, 3.8) is 0 Å². The molecule has 0 aliphatic carbocycles. The molecule has 10 heteroatoms. The zero-order valence-corrected chi connectivity index (χ0v) is 26.3. The van der Waals surface area contributed by atoms with Gasteiger partial charge < -0.3 is 29.1 Å². The molecule has 46 heavy (non-hydrogen) atoms. The molecule has 2 N–H and O–H groups in total. The number of rotatable bonds is 11. The summed E-state index contributed by atoms with van der Waals surface area (Å²) in [7, 11) is 0. The van der Waals surface area contributed by atoms with Gasteiger partial charge in [-0.25, -0.2) is 4.39 Å². The third-order valence-corrected chi connectivity index (χ3v) is 9.04. The predicted molar refractivity (Wildman–Crippen MR) is 178 cm³/mol. The number of carbonyl (C=O) groups is 1. The van der Waals surface area contributed by atoms with Gasteiger partial charge in [0.05, 0.1) is 24.3 Å². The Morgan fingerprint density at radius 1 is 1.00 bits per heavy atom. The van der Waals surface area contributed by atoms with Crippen molar-refractivity contribution in [1.29, 1.82) is 0 Å². The van der Waals surface area contributed by atoms with Crippen LogP contribution in [0.3, 0.4) is 0 Å². The van der Waals surface area contributed by atoms with Gasteiger partial charge in [-0.15, -0.1) is 0 Å². The normalized spacial score (nSPS) is 14.6. The maximum atomic E-state index is 16.0. The van der Waals surface area contributed by atoms with Gasteiger partial charge in [-0.05, 0) is 44.0 Å². The minimum atomic E-state index is -0.608. The molecule has 9 nitrogen and oxygen atoms in total. The standard InChI is InChI=1S/C36H39FN4O5/c1-3-8-22(9-4-2)39-36(43)26-21-41-28-20-30-24(23-10-5-6-11-29(23)45-30)19-31(28)46-35-32(27(37)18-25(33(35)41)34(26)42)38-12-7-13-40-14-16-44-17-15-40/h5-6,10-11,18-22,38H,3-4,7-9,12-17H2,1-2H3,(H,39,43). The van der Waals surface area contributed by atoms with Crippen molar-refractivity contribution < 1.29 is 23.1 Å². The summed E-state index contributed by atoms with van der Waals surface area (Å²) < 4.78 is 35.9. The molecule has 3 aromatic carbocycles. The minimum absolute atomic E-state index is 0.0428. The lowest BCUT2D eigenvalue weighted by Gasteiger charge is -2.27. The van der Waals surface area contributed by atoms with E-state index >= 15 is 4.39 Å². The Kier molecular flexibility index (Phi) is 8.40. The number of nitrogens with zero attached hydrogens (tertiary/aromatic N) is 2. The molecule has 2 aromatic heterocycles. The number of furan rings is 1. The number of amides is 1. The molecule has 0 spiro atoms. The summed E-state index contributed by atoms with van der Waals surface area (Å²) in [6.07, 6.45) is 5.78. The van der Waals surface area contributed by atoms with Gasteiger partial charge >= 0.3 is 0 Å². The summed E-state index contributed by atoms with van der Waals surface area (Å²) in [5.41, 5.74) is 1.98. The molecule has 1 saturated heterocycles. The zero-order valence-electron chi connectivity index (χ0n) is 26.3. The number of morpholine rings is 1. The molecular weight excluding hydrogens is 587 g/mol. The summed E-state index contributed by atoms with van der Waals surface area (Å²) in [6, 6.07) is 12.7. The molecule has 0 saturated carbocycles. The fourth-order valence-electron chi connectivity index (χ4n) is 6.75. The average Bonchev–Trinajstić information content (AvgIpc) is 3.42. The number of hydrogen-bond acceptors (Lipinski definition) is 7. The van der Waals surface area contributed by atoms with Crippen LogP contribution in [-0.4, -0.2) is 60.8 Å². The Bertz CT molecular complexity index is 1990. The fraction of sp³-hybridized carbons (Fsp3) is 0.389. The number of fused-ring (bicyclic) bond motifs is 5. The second-order valence-electron chi connectivity index (χ2n) is 12.2. The first kappa shape index (κ1) is 30.3. The highest BCUT2D eigenvalue weighted by Crippen LogP contribution is 2.47. The van der Waals surface area contributed by atoms with Crippen molar-refractivity contribution >= 4 is 44.4 Å². The predicted octanol–water partition coefficient (Wildman–Crippen LogP) is 6.97. The molecule has 1 amide bonds. The highest BCUT2D eigenvalue weighted by molar-refractivity contribution is 6.07. The smallest absolute Gasteiger partial charge is 0.257 e. The Morgan fingerprint density at radius 2 is 1.78 bits per heavy atom. The van der Waals surface area contributed by atoms with Crippen molar-refractivity contribution in [2.75, 3.05) is 44.7 Å². The summed E-state index contributed by atoms with van der Waals surface area (Å²) in [6.45, 7) is 8.71. The van der Waals surface area contributed by atoms with Crippen molar-refractivity contribution in [2.24, 2.45) is 0 Å². The molecule has 0 atom stereocenters. The van der Waals surface area contributed by atoms with E-state index in [1.165, 1.54) is 6.07 Å². The molecule has 7 rings (SSSR count). The number of nitrogens with one attached hydrogen (secondary N) is 2. The number of halogens is 1. The van der Waals surface area contributed by atoms with Gasteiger partial charge in [0.25, 0.3) is 5.91 Å². The number of pyridine rings is 1. The summed E-state index contributed by atoms with van der Waals surface area (Å²) in [4.78, 5) is 29.9. The van der Waals surface area contributed by atoms with E-state index in [4.69, 9.17) is 13.9 Å². The number of anilines is 1. The van der Waals surface area contributed by atoms with E-state index in [1.54, 1.807) is 10.8 Å². The van der Waals surface area contributed by atoms with Gasteiger partial charge in [-0.1, -0.05) is 44.9 Å². The topological polar surface area (TPSA) is 98.0 Å². The molecule has 5 aromatic rings. The average molecular weight is 627 g/mol. The second-order valence-corrected chi connectivity index (χ2v) is 12.2. The third kappa shape index (κ3) is 5.49. The SMILES string of the molecule is CCCC(CCC)NC(=O)c1cn2c3c(c(NCCCN4CCOCC4)c(F)cc3c1=O)Oc1cc3c(cc1-2)oc1ccccc13. The van der Waals surface area contributed by atoms with Crippen LogP contribution in [0.4, 0.5) is 10.1 Å². The van der Waals surface area contributed by atoms with Gasteiger partial charge in [0.1, 0.15) is 27.9 Å². The Hall–Kier alpha value is -4.41. The lowest BCUT2D eigenvalue weighted by atomic mass is 10.0. The Morgan fingerprint density at radius 3 is 2.57 bits per heavy atom. The monoisotopic (exact) mass is 626 g/mol. The van der Waals surface area contributed by atoms with Crippen LogP contribution < -0.4 is 20.8 Å². The lowest BCUT2D eigenvalue weighted by molar-refractivity contribution is 0.0378. The van der Waals surface area contributed by atoms with E-state index in [0.717, 1.165) is 81.3 Å². The summed E-state index contributed by atoms with van der Waals surface area (Å²) in [5.74, 6) is -0.379. The first-order valence-corrected chi connectivity index (χ1v) is 16.4. The molecule has 0 bridgehead atoms. The van der Waals surface area contributed by atoms with Crippen LogP contribution in [0.15, 0.2) is 57.9 Å². The number of aromatic nitrogens is 1. The maximum absolute atomic E-state index is 16.0. The van der Waals surface area contributed by atoms with Gasteiger partial charge in [0.2, 0.25) is 5.43 Å². The highest BCUT2D eigenvalue weighted by atomic mass is 19.1. The van der Waals surface area contributed by atoms with E-state index in [0.29, 0.717) is 29.1 Å². The van der Waals surface area contributed by atoms with E-state index < -0.39 is 17.2 Å². The second kappa shape index (κ2) is 12.8. The minimum Gasteiger partial charge on any atom is -0.456 e. The van der Waals surface area contributed by atoms with Gasteiger partial charge in [-0.3, -0.25) is 14.5 Å². The van der Waals surface area contributed by atoms with Gasteiger partial charge in [-0.2, -0.15) is 0 Å². The van der Waals surface area contributed by atoms with Crippen molar-refractivity contribution in [1.82, 2.24) is 14.8 Å². The van der Waals surface area contributed by atoms with Gasteiger partial charge in [0, 0.05) is 48.7 Å². The molecule has 2 aliphatic heterocycles. The molecule has 240 valence electrons. The van der Waals surface area contributed by atoms with Crippen LogP contribution in [0.2, 0.25) is 0 Å². The largest absolute Gasteiger partial charge is 0.456 e. The number of benzene rings is 3. The van der Waals surface area contributed by atoms with E-state index in [9.17, 15) is 9.59 Å². The summed E-state index contributed by atoms with van der Waals surface area (Å²) in [5, 5.41) is 8.18. The van der Waals surface area contributed by atoms with Crippen molar-refractivity contribution in [3.8, 4) is 17.2 Å². The maximum Gasteiger partial charge on any atom is 0.257 e. The Balaban J connectivity index is 1.34. The fourth-order valence-corrected chi connectivity index (χ4v) is 6.75. The van der Waals surface area contributed by atoms with Crippen LogP contribution in [0.25, 0.3) is 38.5 Å². The molecule has 0 unspecified atom stereocenters. The Labute approximate surface area is 266 Å². The quantitative estimate of drug-likeness (QED) is 0.150. The number of carbonyl (C=O) groups excluding carboxylic acids is 1. The van der Waals surface area contributed by atoms with Crippen LogP contribution in [-0.2, 0) is 4.74 Å². The zero-order chi connectivity index (χ0) is 31.8. The molecule has 1 fully saturated rings. The molecule has 0 radical (unpaired) electrons. The first-order valence-electron chi connectivity index (χ1n) is 16.4. The molecule has 4 heterocycles. The highest BCUT2D eigenvalue weighted by Gasteiger charge is 2.30. The van der Waals surface area contributed by atoms with Crippen LogP contribution in [0, 0.1) is 5.82 Å². The van der Waals surface area contributed by atoms with Crippen molar-refractivity contribution in [3.05, 3.63) is 70.3 Å². The molecule has 2 aliphatic rings. The van der Waals surface area contributed by atoms with Crippen LogP contribution in [0.1, 0.15) is 56.3 Å². The summed E-state index contributed by atoms with van der Waals surface area (Å²) >= 11 is 0. The third-order valence-electron chi connectivity index (χ3n) is 9.04. The van der Waals surface area contributed by atoms with E-state index in [2.05, 4.69) is 29.4 Å². The van der Waals surface area contributed by atoms with E-state index in [-0.39, 0.29) is 28.4 Å². The number of ether oxygens (including phenoxy) is 2. The lowest BCUT2D eigenvalue weighted by Crippen LogP contribution is -2.37. The van der Waals surface area contributed by atoms with Crippen molar-refractivity contribution in [2.45, 2.75) is 52.0 Å². The van der Waals surface area contributed by atoms with Gasteiger partial charge in [0.15, 0.2) is 17.3 Å². The van der Waals surface area contributed by atoms with Crippen LogP contribution >= 0.6 is 0 Å². The van der Waals surface area contributed by atoms with E-state index in [1.807, 2.05) is 36.4 Å². The number of para-hydroxylation sites is 1. The number of hydrogen-bond donors (Lipinski definition) is 2. The first-order chi connectivity index (χ1) is 22.5. The van der Waals surface area contributed by atoms with Crippen LogP contribution in [0.5, 0.6) is 11.5 Å². The molecular formula is C36H39FN4O5.